The Kier molecular flexibility index (Phi) is 3.62. The van der Waals surface area contributed by atoms with Gasteiger partial charge in [-0.05, 0) is 32.3 Å². The van der Waals surface area contributed by atoms with Gasteiger partial charge in [0.05, 0.1) is 0 Å². The predicted octanol–water partition coefficient (Wildman–Crippen LogP) is 3.12. The second-order valence-corrected chi connectivity index (χ2v) is 6.36. The molecule has 0 aliphatic heterocycles. The van der Waals surface area contributed by atoms with Crippen molar-refractivity contribution in [1.29, 1.82) is 0 Å². The van der Waals surface area contributed by atoms with Gasteiger partial charge in [0.25, 0.3) is 0 Å². The molecule has 4 heteroatoms. The third-order valence-electron chi connectivity index (χ3n) is 3.43. The van der Waals surface area contributed by atoms with Crippen LogP contribution in [0.5, 0.6) is 0 Å². The molecule has 1 saturated carbocycles. The summed E-state index contributed by atoms with van der Waals surface area (Å²) >= 11 is 1.72. The Morgan fingerprint density at radius 2 is 2.11 bits per heavy atom. The van der Waals surface area contributed by atoms with Crippen LogP contribution in [0, 0.1) is 13.8 Å². The molecule has 1 fully saturated rings. The molecule has 0 saturated heterocycles. The standard InChI is InChI=1S/C15H19N3S/c1-10-3-6-13(11(2)9-10)15-18-17-14(19-15)7-8-16-12-4-5-12/h3,6,9,12,16H,4-5,7-8H2,1-2H3. The smallest absolute Gasteiger partial charge is 0.148 e. The first kappa shape index (κ1) is 12.8. The molecular formula is C15H19N3S. The largest absolute Gasteiger partial charge is 0.314 e. The lowest BCUT2D eigenvalue weighted by Gasteiger charge is -2.02. The Morgan fingerprint density at radius 1 is 1.26 bits per heavy atom. The van der Waals surface area contributed by atoms with Crippen LogP contribution in [0.25, 0.3) is 10.6 Å². The van der Waals surface area contributed by atoms with Crippen LogP contribution in [0.4, 0.5) is 0 Å². The number of aryl methyl sites for hydroxylation is 2. The summed E-state index contributed by atoms with van der Waals surface area (Å²) in [6.07, 6.45) is 3.66. The molecule has 1 aromatic carbocycles. The molecule has 0 bridgehead atoms. The van der Waals surface area contributed by atoms with E-state index in [0.29, 0.717) is 0 Å². The Morgan fingerprint density at radius 3 is 2.84 bits per heavy atom. The van der Waals surface area contributed by atoms with E-state index < -0.39 is 0 Å². The van der Waals surface area contributed by atoms with Gasteiger partial charge in [-0.3, -0.25) is 0 Å². The molecule has 1 aliphatic carbocycles. The van der Waals surface area contributed by atoms with Gasteiger partial charge in [0.2, 0.25) is 0 Å². The molecule has 3 rings (SSSR count). The molecule has 19 heavy (non-hydrogen) atoms. The summed E-state index contributed by atoms with van der Waals surface area (Å²) in [5.41, 5.74) is 3.78. The molecule has 100 valence electrons. The van der Waals surface area contributed by atoms with Crippen molar-refractivity contribution in [3.05, 3.63) is 34.3 Å². The zero-order chi connectivity index (χ0) is 13.2. The fourth-order valence-electron chi connectivity index (χ4n) is 2.19. The molecule has 0 amide bonds. The van der Waals surface area contributed by atoms with Crippen molar-refractivity contribution in [1.82, 2.24) is 15.5 Å². The third kappa shape index (κ3) is 3.19. The lowest BCUT2D eigenvalue weighted by molar-refractivity contribution is 0.677. The van der Waals surface area contributed by atoms with Gasteiger partial charge in [-0.25, -0.2) is 0 Å². The van der Waals surface area contributed by atoms with Crippen molar-refractivity contribution in [2.45, 2.75) is 39.2 Å². The van der Waals surface area contributed by atoms with Crippen molar-refractivity contribution < 1.29 is 0 Å². The van der Waals surface area contributed by atoms with Gasteiger partial charge in [-0.15, -0.1) is 10.2 Å². The van der Waals surface area contributed by atoms with Crippen LogP contribution in [-0.4, -0.2) is 22.8 Å². The molecular weight excluding hydrogens is 254 g/mol. The summed E-state index contributed by atoms with van der Waals surface area (Å²) in [6, 6.07) is 7.26. The van der Waals surface area contributed by atoms with E-state index in [9.17, 15) is 0 Å². The van der Waals surface area contributed by atoms with E-state index >= 15 is 0 Å². The van der Waals surface area contributed by atoms with Gasteiger partial charge in [-0.2, -0.15) is 0 Å². The number of hydrogen-bond donors (Lipinski definition) is 1. The van der Waals surface area contributed by atoms with Gasteiger partial charge in [0.1, 0.15) is 10.0 Å². The van der Waals surface area contributed by atoms with Crippen molar-refractivity contribution in [3.63, 3.8) is 0 Å². The topological polar surface area (TPSA) is 37.8 Å². The van der Waals surface area contributed by atoms with Gasteiger partial charge in [0, 0.05) is 24.6 Å². The number of nitrogens with one attached hydrogen (secondary N) is 1. The van der Waals surface area contributed by atoms with Crippen LogP contribution in [-0.2, 0) is 6.42 Å². The maximum Gasteiger partial charge on any atom is 0.148 e. The molecule has 3 nitrogen and oxygen atoms in total. The molecule has 0 spiro atoms. The van der Waals surface area contributed by atoms with E-state index in [1.165, 1.54) is 29.5 Å². The SMILES string of the molecule is Cc1ccc(-c2nnc(CCNC3CC3)s2)c(C)c1. The fraction of sp³-hybridized carbons (Fsp3) is 0.467. The second kappa shape index (κ2) is 5.39. The fourth-order valence-corrected chi connectivity index (χ4v) is 3.12. The van der Waals surface area contributed by atoms with Crippen LogP contribution in [0.3, 0.4) is 0 Å². The van der Waals surface area contributed by atoms with Gasteiger partial charge >= 0.3 is 0 Å². The Bertz CT molecular complexity index is 573. The maximum absolute atomic E-state index is 4.33. The van der Waals surface area contributed by atoms with Crippen LogP contribution in [0.2, 0.25) is 0 Å². The van der Waals surface area contributed by atoms with Crippen molar-refractivity contribution in [2.75, 3.05) is 6.54 Å². The predicted molar refractivity (Wildman–Crippen MR) is 79.5 cm³/mol. The summed E-state index contributed by atoms with van der Waals surface area (Å²) < 4.78 is 0. The number of aromatic nitrogens is 2. The van der Waals surface area contributed by atoms with E-state index in [0.717, 1.165) is 29.0 Å². The summed E-state index contributed by atoms with van der Waals surface area (Å²) in [5.74, 6) is 0. The lowest BCUT2D eigenvalue weighted by atomic mass is 10.1. The average molecular weight is 273 g/mol. The van der Waals surface area contributed by atoms with Crippen LogP contribution < -0.4 is 5.32 Å². The molecule has 0 radical (unpaired) electrons. The quantitative estimate of drug-likeness (QED) is 0.909. The molecule has 0 unspecified atom stereocenters. The zero-order valence-electron chi connectivity index (χ0n) is 11.4. The summed E-state index contributed by atoms with van der Waals surface area (Å²) in [6.45, 7) is 5.27. The Balaban J connectivity index is 1.68. The minimum Gasteiger partial charge on any atom is -0.314 e. The van der Waals surface area contributed by atoms with Gasteiger partial charge < -0.3 is 5.32 Å². The summed E-state index contributed by atoms with van der Waals surface area (Å²) in [4.78, 5) is 0. The van der Waals surface area contributed by atoms with E-state index in [1.807, 2.05) is 0 Å². The highest BCUT2D eigenvalue weighted by atomic mass is 32.1. The van der Waals surface area contributed by atoms with Crippen molar-refractivity contribution in [2.24, 2.45) is 0 Å². The van der Waals surface area contributed by atoms with E-state index in [1.54, 1.807) is 11.3 Å². The minimum atomic E-state index is 0.770. The lowest BCUT2D eigenvalue weighted by Crippen LogP contribution is -2.19. The first-order valence-corrected chi connectivity index (χ1v) is 7.67. The highest BCUT2D eigenvalue weighted by Gasteiger charge is 2.20. The Hall–Kier alpha value is -1.26. The Labute approximate surface area is 118 Å². The van der Waals surface area contributed by atoms with Crippen molar-refractivity contribution in [3.8, 4) is 10.6 Å². The normalized spacial score (nSPS) is 14.8. The first-order chi connectivity index (χ1) is 9.22. The average Bonchev–Trinajstić information content (AvgIpc) is 3.07. The third-order valence-corrected chi connectivity index (χ3v) is 4.44. The second-order valence-electron chi connectivity index (χ2n) is 5.30. The van der Waals surface area contributed by atoms with E-state index in [2.05, 4.69) is 47.6 Å². The highest BCUT2D eigenvalue weighted by molar-refractivity contribution is 7.14. The molecule has 1 aliphatic rings. The highest BCUT2D eigenvalue weighted by Crippen LogP contribution is 2.27. The van der Waals surface area contributed by atoms with Crippen LogP contribution in [0.1, 0.15) is 29.0 Å². The number of benzene rings is 1. The van der Waals surface area contributed by atoms with Gasteiger partial charge in [0.15, 0.2) is 0 Å². The number of nitrogens with zero attached hydrogens (tertiary/aromatic N) is 2. The van der Waals surface area contributed by atoms with Gasteiger partial charge in [-0.1, -0.05) is 35.1 Å². The van der Waals surface area contributed by atoms with E-state index in [-0.39, 0.29) is 0 Å². The molecule has 1 N–H and O–H groups in total. The minimum absolute atomic E-state index is 0.770. The first-order valence-electron chi connectivity index (χ1n) is 6.86. The summed E-state index contributed by atoms with van der Waals surface area (Å²) in [7, 11) is 0. The molecule has 1 aromatic heterocycles. The number of hydrogen-bond acceptors (Lipinski definition) is 4. The maximum atomic E-state index is 4.33. The van der Waals surface area contributed by atoms with Crippen LogP contribution in [0.15, 0.2) is 18.2 Å². The molecule has 0 atom stereocenters. The van der Waals surface area contributed by atoms with E-state index in [4.69, 9.17) is 0 Å². The summed E-state index contributed by atoms with van der Waals surface area (Å²) in [5, 5.41) is 14.3. The zero-order valence-corrected chi connectivity index (χ0v) is 12.3. The monoisotopic (exact) mass is 273 g/mol. The van der Waals surface area contributed by atoms with Crippen molar-refractivity contribution >= 4 is 11.3 Å². The number of rotatable bonds is 5. The van der Waals surface area contributed by atoms with Crippen LogP contribution >= 0.6 is 11.3 Å². The molecule has 1 heterocycles. The molecule has 2 aromatic rings.